The van der Waals surface area contributed by atoms with Crippen LogP contribution in [0.2, 0.25) is 0 Å². The molecule has 2 unspecified atom stereocenters. The van der Waals surface area contributed by atoms with Gasteiger partial charge in [-0.25, -0.2) is 0 Å². The van der Waals surface area contributed by atoms with Crippen molar-refractivity contribution < 1.29 is 4.79 Å². The lowest BCUT2D eigenvalue weighted by Crippen LogP contribution is -2.39. The summed E-state index contributed by atoms with van der Waals surface area (Å²) in [6.07, 6.45) is 9.75. The summed E-state index contributed by atoms with van der Waals surface area (Å²) in [5, 5.41) is 0. The van der Waals surface area contributed by atoms with Gasteiger partial charge >= 0.3 is 0 Å². The number of carbonyl (C=O) groups is 1. The maximum absolute atomic E-state index is 12.3. The molecule has 0 amide bonds. The first kappa shape index (κ1) is 12.4. The summed E-state index contributed by atoms with van der Waals surface area (Å²) >= 11 is 0. The Morgan fingerprint density at radius 3 is 2.90 bits per heavy atom. The van der Waals surface area contributed by atoms with E-state index < -0.39 is 0 Å². The van der Waals surface area contributed by atoms with Crippen LogP contribution in [0.25, 0.3) is 0 Å². The first-order valence-corrected chi connectivity index (χ1v) is 8.03. The molecule has 2 atom stereocenters. The van der Waals surface area contributed by atoms with E-state index in [1.807, 2.05) is 0 Å². The highest BCUT2D eigenvalue weighted by atomic mass is 16.1. The van der Waals surface area contributed by atoms with Gasteiger partial charge in [-0.05, 0) is 48.3 Å². The minimum atomic E-state index is 0.166. The van der Waals surface area contributed by atoms with Crippen LogP contribution in [0.4, 0.5) is 0 Å². The first-order chi connectivity index (χ1) is 9.71. The van der Waals surface area contributed by atoms with Gasteiger partial charge in [0.05, 0.1) is 0 Å². The van der Waals surface area contributed by atoms with Crippen LogP contribution in [0.3, 0.4) is 0 Å². The maximum Gasteiger partial charge on any atom is 0.138 e. The van der Waals surface area contributed by atoms with Crippen LogP contribution in [0.5, 0.6) is 0 Å². The van der Waals surface area contributed by atoms with Gasteiger partial charge in [-0.2, -0.15) is 0 Å². The molecule has 1 aromatic rings. The Bertz CT molecular complexity index is 610. The average Bonchev–Trinajstić information content (AvgIpc) is 2.99. The van der Waals surface area contributed by atoms with Crippen molar-refractivity contribution in [1.29, 1.82) is 0 Å². The second-order valence-electron chi connectivity index (χ2n) is 6.97. The number of benzene rings is 1. The third kappa shape index (κ3) is 1.65. The molecule has 1 nitrogen and oxygen atoms in total. The average molecular weight is 266 g/mol. The van der Waals surface area contributed by atoms with Crippen LogP contribution < -0.4 is 0 Å². The van der Waals surface area contributed by atoms with Crippen LogP contribution in [0.15, 0.2) is 29.8 Å². The molecule has 0 saturated heterocycles. The van der Waals surface area contributed by atoms with E-state index in [1.165, 1.54) is 36.0 Å². The van der Waals surface area contributed by atoms with Gasteiger partial charge in [0, 0.05) is 18.3 Å². The Kier molecular flexibility index (Phi) is 2.67. The quantitative estimate of drug-likeness (QED) is 0.735. The number of allylic oxidation sites excluding steroid dienone is 2. The molecule has 4 rings (SSSR count). The molecular formula is C19H22O. The second kappa shape index (κ2) is 4.31. The summed E-state index contributed by atoms with van der Waals surface area (Å²) in [6, 6.07) is 6.98. The Balaban J connectivity index is 1.81. The van der Waals surface area contributed by atoms with Crippen molar-refractivity contribution in [1.82, 2.24) is 0 Å². The van der Waals surface area contributed by atoms with Crippen LogP contribution in [0, 0.1) is 5.92 Å². The summed E-state index contributed by atoms with van der Waals surface area (Å²) in [5.74, 6) is 1.15. The Labute approximate surface area is 121 Å². The molecule has 1 aromatic carbocycles. The predicted molar refractivity (Wildman–Crippen MR) is 80.9 cm³/mol. The number of aryl methyl sites for hydroxylation is 1. The number of carbonyl (C=O) groups excluding carboxylic acids is 1. The number of ketones is 1. The Morgan fingerprint density at radius 2 is 2.20 bits per heavy atom. The molecule has 0 heterocycles. The van der Waals surface area contributed by atoms with E-state index >= 15 is 0 Å². The van der Waals surface area contributed by atoms with Gasteiger partial charge in [0.15, 0.2) is 0 Å². The molecule has 3 aliphatic rings. The van der Waals surface area contributed by atoms with Crippen molar-refractivity contribution in [3.8, 4) is 0 Å². The van der Waals surface area contributed by atoms with Gasteiger partial charge in [-0.1, -0.05) is 43.2 Å². The molecule has 0 aromatic heterocycles. The van der Waals surface area contributed by atoms with Gasteiger partial charge in [-0.15, -0.1) is 0 Å². The third-order valence-corrected chi connectivity index (χ3v) is 5.67. The zero-order chi connectivity index (χ0) is 13.7. The summed E-state index contributed by atoms with van der Waals surface area (Å²) in [5.41, 5.74) is 6.01. The lowest BCUT2D eigenvalue weighted by Gasteiger charge is -2.41. The highest BCUT2D eigenvalue weighted by Crippen LogP contribution is 2.58. The molecular weight excluding hydrogens is 244 g/mol. The number of hydrogen-bond acceptors (Lipinski definition) is 1. The summed E-state index contributed by atoms with van der Waals surface area (Å²) in [7, 11) is 0. The van der Waals surface area contributed by atoms with E-state index in [0.29, 0.717) is 18.1 Å². The molecule has 1 heteroatoms. The normalized spacial score (nSPS) is 30.8. The zero-order valence-electron chi connectivity index (χ0n) is 12.2. The fraction of sp³-hybridized carbons (Fsp3) is 0.526. The predicted octanol–water partition coefficient (Wildman–Crippen LogP) is 4.13. The van der Waals surface area contributed by atoms with Crippen molar-refractivity contribution >= 4 is 5.78 Å². The van der Waals surface area contributed by atoms with Crippen LogP contribution in [-0.4, -0.2) is 5.78 Å². The Hall–Kier alpha value is -1.37. The van der Waals surface area contributed by atoms with Crippen LogP contribution in [0.1, 0.15) is 55.7 Å². The van der Waals surface area contributed by atoms with E-state index in [0.717, 1.165) is 19.3 Å². The SMILES string of the molecule is CCCc1ccc2c(c1)CC(=O)CC21CC2=CCC1C2. The van der Waals surface area contributed by atoms with Crippen molar-refractivity contribution in [2.75, 3.05) is 0 Å². The molecule has 1 saturated carbocycles. The van der Waals surface area contributed by atoms with Gasteiger partial charge in [0.2, 0.25) is 0 Å². The molecule has 0 radical (unpaired) electrons. The molecule has 1 fully saturated rings. The van der Waals surface area contributed by atoms with E-state index in [1.54, 1.807) is 5.57 Å². The minimum absolute atomic E-state index is 0.166. The molecule has 1 spiro atoms. The molecule has 0 aliphatic heterocycles. The summed E-state index contributed by atoms with van der Waals surface area (Å²) < 4.78 is 0. The van der Waals surface area contributed by atoms with Gasteiger partial charge in [0.25, 0.3) is 0 Å². The van der Waals surface area contributed by atoms with Crippen molar-refractivity contribution in [2.24, 2.45) is 5.92 Å². The lowest BCUT2D eigenvalue weighted by atomic mass is 9.62. The van der Waals surface area contributed by atoms with Crippen molar-refractivity contribution in [2.45, 2.75) is 57.3 Å². The topological polar surface area (TPSA) is 17.1 Å². The zero-order valence-corrected chi connectivity index (χ0v) is 12.2. The van der Waals surface area contributed by atoms with Gasteiger partial charge in [-0.3, -0.25) is 4.79 Å². The Morgan fingerprint density at radius 1 is 1.30 bits per heavy atom. The molecule has 20 heavy (non-hydrogen) atoms. The lowest BCUT2D eigenvalue weighted by molar-refractivity contribution is -0.120. The minimum Gasteiger partial charge on any atom is -0.299 e. The highest BCUT2D eigenvalue weighted by Gasteiger charge is 2.51. The highest BCUT2D eigenvalue weighted by molar-refractivity contribution is 5.85. The standard InChI is InChI=1S/C19H22O/c1-2-3-13-5-7-18-15(8-13)10-17(20)12-19(18)11-14-4-6-16(19)9-14/h4-5,7-8,16H,2-3,6,9-12H2,1H3. The molecule has 3 aliphatic carbocycles. The fourth-order valence-corrected chi connectivity index (χ4v) is 4.87. The van der Waals surface area contributed by atoms with Crippen LogP contribution >= 0.6 is 0 Å². The third-order valence-electron chi connectivity index (χ3n) is 5.67. The summed E-state index contributed by atoms with van der Waals surface area (Å²) in [4.78, 5) is 12.3. The second-order valence-corrected chi connectivity index (χ2v) is 6.97. The van der Waals surface area contributed by atoms with Crippen LogP contribution in [-0.2, 0) is 23.1 Å². The fourth-order valence-electron chi connectivity index (χ4n) is 4.87. The smallest absolute Gasteiger partial charge is 0.138 e. The molecule has 104 valence electrons. The maximum atomic E-state index is 12.3. The molecule has 0 N–H and O–H groups in total. The van der Waals surface area contributed by atoms with E-state index in [9.17, 15) is 4.79 Å². The number of fused-ring (bicyclic) bond motifs is 5. The summed E-state index contributed by atoms with van der Waals surface area (Å²) in [6.45, 7) is 2.22. The molecule has 2 bridgehead atoms. The number of hydrogen-bond donors (Lipinski definition) is 0. The van der Waals surface area contributed by atoms with Crippen molar-refractivity contribution in [3.05, 3.63) is 46.5 Å². The van der Waals surface area contributed by atoms with Gasteiger partial charge < -0.3 is 0 Å². The largest absolute Gasteiger partial charge is 0.299 e. The van der Waals surface area contributed by atoms with E-state index in [4.69, 9.17) is 0 Å². The van der Waals surface area contributed by atoms with Crippen molar-refractivity contribution in [3.63, 3.8) is 0 Å². The van der Waals surface area contributed by atoms with E-state index in [2.05, 4.69) is 31.2 Å². The number of rotatable bonds is 2. The monoisotopic (exact) mass is 266 g/mol. The van der Waals surface area contributed by atoms with Gasteiger partial charge in [0.1, 0.15) is 5.78 Å². The first-order valence-electron chi connectivity index (χ1n) is 8.03. The van der Waals surface area contributed by atoms with E-state index in [-0.39, 0.29) is 5.41 Å². The number of Topliss-reactive ketones (excluding diaryl/α,β-unsaturated/α-hetero) is 1.